The van der Waals surface area contributed by atoms with Gasteiger partial charge in [0.2, 0.25) is 0 Å². The number of nitrogens with zero attached hydrogens (tertiary/aromatic N) is 1. The lowest BCUT2D eigenvalue weighted by atomic mass is 10.1. The van der Waals surface area contributed by atoms with Crippen LogP contribution in [-0.4, -0.2) is 17.6 Å². The fraction of sp³-hybridized carbons (Fsp3) is 0.500. The number of aromatic nitrogens is 1. The summed E-state index contributed by atoms with van der Waals surface area (Å²) in [7, 11) is 0. The maximum atomic E-state index is 13.7. The average Bonchev–Trinajstić information content (AvgIpc) is 3.02. The third-order valence-corrected chi connectivity index (χ3v) is 2.84. The Morgan fingerprint density at radius 1 is 1.69 bits per heavy atom. The van der Waals surface area contributed by atoms with Crippen LogP contribution in [0.2, 0.25) is 0 Å². The number of carbonyl (C=O) groups excluding carboxylic acids is 1. The monoisotopic (exact) mass is 223 g/mol. The molecule has 0 bridgehead atoms. The highest BCUT2D eigenvalue weighted by Gasteiger charge is 2.47. The second-order valence-electron chi connectivity index (χ2n) is 4.03. The number of hydrogen-bond donors (Lipinski definition) is 0. The van der Waals surface area contributed by atoms with Crippen molar-refractivity contribution in [3.8, 4) is 0 Å². The highest BCUT2D eigenvalue weighted by Crippen LogP contribution is 2.48. The Balaban J connectivity index is 2.11. The van der Waals surface area contributed by atoms with Crippen molar-refractivity contribution in [1.29, 1.82) is 0 Å². The Bertz CT molecular complexity index is 419. The van der Waals surface area contributed by atoms with Crippen LogP contribution < -0.4 is 0 Å². The third-order valence-electron chi connectivity index (χ3n) is 2.84. The minimum atomic E-state index is -0.292. The zero-order chi connectivity index (χ0) is 11.7. The van der Waals surface area contributed by atoms with Gasteiger partial charge in [-0.05, 0) is 31.9 Å². The van der Waals surface area contributed by atoms with Gasteiger partial charge >= 0.3 is 5.97 Å². The summed E-state index contributed by atoms with van der Waals surface area (Å²) in [6.07, 6.45) is 2.22. The van der Waals surface area contributed by atoms with E-state index < -0.39 is 0 Å². The van der Waals surface area contributed by atoms with Gasteiger partial charge in [0.05, 0.1) is 18.2 Å². The van der Waals surface area contributed by atoms with Gasteiger partial charge in [-0.15, -0.1) is 0 Å². The summed E-state index contributed by atoms with van der Waals surface area (Å²) in [5.74, 6) is -0.836. The zero-order valence-corrected chi connectivity index (χ0v) is 9.37. The molecule has 1 heterocycles. The molecule has 86 valence electrons. The minimum Gasteiger partial charge on any atom is -0.466 e. The highest BCUT2D eigenvalue weighted by molar-refractivity contribution is 5.77. The molecule has 0 aliphatic heterocycles. The Morgan fingerprint density at radius 2 is 2.44 bits per heavy atom. The van der Waals surface area contributed by atoms with Gasteiger partial charge in [-0.1, -0.05) is 0 Å². The van der Waals surface area contributed by atoms with Gasteiger partial charge in [-0.2, -0.15) is 0 Å². The van der Waals surface area contributed by atoms with Crippen molar-refractivity contribution in [3.05, 3.63) is 29.3 Å². The van der Waals surface area contributed by atoms with Crippen molar-refractivity contribution in [2.45, 2.75) is 26.2 Å². The summed E-state index contributed by atoms with van der Waals surface area (Å²) >= 11 is 0. The van der Waals surface area contributed by atoms with Crippen LogP contribution in [0, 0.1) is 18.7 Å². The van der Waals surface area contributed by atoms with Crippen molar-refractivity contribution in [3.63, 3.8) is 0 Å². The molecule has 0 amide bonds. The van der Waals surface area contributed by atoms with Gasteiger partial charge in [0, 0.05) is 12.1 Å². The van der Waals surface area contributed by atoms with Gasteiger partial charge < -0.3 is 4.74 Å². The first-order valence-electron chi connectivity index (χ1n) is 5.42. The largest absolute Gasteiger partial charge is 0.466 e. The molecule has 0 aromatic carbocycles. The van der Waals surface area contributed by atoms with Crippen LogP contribution in [0.25, 0.3) is 0 Å². The second kappa shape index (κ2) is 4.20. The molecule has 4 heteroatoms. The minimum absolute atomic E-state index is 0.0982. The molecular formula is C12H14FNO2. The van der Waals surface area contributed by atoms with Crippen LogP contribution in [0.5, 0.6) is 0 Å². The summed E-state index contributed by atoms with van der Waals surface area (Å²) < 4.78 is 18.6. The zero-order valence-electron chi connectivity index (χ0n) is 9.37. The number of esters is 1. The van der Waals surface area contributed by atoms with Crippen molar-refractivity contribution in [2.24, 2.45) is 5.92 Å². The topological polar surface area (TPSA) is 39.2 Å². The molecule has 1 aliphatic rings. The van der Waals surface area contributed by atoms with E-state index in [0.29, 0.717) is 24.3 Å². The van der Waals surface area contributed by atoms with E-state index in [0.717, 1.165) is 0 Å². The number of rotatable bonds is 3. The maximum absolute atomic E-state index is 13.7. The molecule has 2 atom stereocenters. The maximum Gasteiger partial charge on any atom is 0.309 e. The molecule has 2 rings (SSSR count). The van der Waals surface area contributed by atoms with E-state index in [2.05, 4.69) is 4.98 Å². The Hall–Kier alpha value is -1.45. The van der Waals surface area contributed by atoms with E-state index in [1.807, 2.05) is 0 Å². The van der Waals surface area contributed by atoms with E-state index >= 15 is 0 Å². The first kappa shape index (κ1) is 11.0. The van der Waals surface area contributed by atoms with E-state index in [9.17, 15) is 9.18 Å². The summed E-state index contributed by atoms with van der Waals surface area (Å²) in [5.41, 5.74) is 0.970. The van der Waals surface area contributed by atoms with Crippen molar-refractivity contribution < 1.29 is 13.9 Å². The molecule has 1 aromatic heterocycles. The van der Waals surface area contributed by atoms with Crippen LogP contribution >= 0.6 is 0 Å². The normalized spacial score (nSPS) is 22.9. The van der Waals surface area contributed by atoms with Gasteiger partial charge in [0.15, 0.2) is 0 Å². The molecule has 0 N–H and O–H groups in total. The number of aryl methyl sites for hydroxylation is 1. The quantitative estimate of drug-likeness (QED) is 0.737. The van der Waals surface area contributed by atoms with Gasteiger partial charge in [0.1, 0.15) is 5.82 Å². The summed E-state index contributed by atoms with van der Waals surface area (Å²) in [4.78, 5) is 15.4. The molecule has 0 spiro atoms. The second-order valence-corrected chi connectivity index (χ2v) is 4.03. The number of hydrogen-bond acceptors (Lipinski definition) is 3. The van der Waals surface area contributed by atoms with E-state index in [1.165, 1.54) is 0 Å². The Labute approximate surface area is 93.6 Å². The van der Waals surface area contributed by atoms with Crippen LogP contribution in [0.15, 0.2) is 12.3 Å². The SMILES string of the molecule is CCOC(=O)[C@H]1C[C@@H]1c1nccc(C)c1F. The van der Waals surface area contributed by atoms with E-state index in [-0.39, 0.29) is 23.6 Å². The van der Waals surface area contributed by atoms with Crippen LogP contribution in [0.4, 0.5) is 4.39 Å². The summed E-state index contributed by atoms with van der Waals surface area (Å²) in [5, 5.41) is 0. The number of carbonyl (C=O) groups is 1. The lowest BCUT2D eigenvalue weighted by molar-refractivity contribution is -0.144. The Kier molecular flexibility index (Phi) is 2.90. The summed E-state index contributed by atoms with van der Waals surface area (Å²) in [6.45, 7) is 3.83. The van der Waals surface area contributed by atoms with Crippen molar-refractivity contribution >= 4 is 5.97 Å². The Morgan fingerprint density at radius 3 is 3.12 bits per heavy atom. The van der Waals surface area contributed by atoms with Gasteiger partial charge in [-0.3, -0.25) is 9.78 Å². The fourth-order valence-electron chi connectivity index (χ4n) is 1.83. The molecule has 16 heavy (non-hydrogen) atoms. The first-order chi connectivity index (χ1) is 7.65. The lowest BCUT2D eigenvalue weighted by Gasteiger charge is -2.03. The fourth-order valence-corrected chi connectivity index (χ4v) is 1.83. The van der Waals surface area contributed by atoms with Crippen LogP contribution in [0.3, 0.4) is 0 Å². The highest BCUT2D eigenvalue weighted by atomic mass is 19.1. The molecule has 0 unspecified atom stereocenters. The van der Waals surface area contributed by atoms with E-state index in [4.69, 9.17) is 4.74 Å². The number of pyridine rings is 1. The summed E-state index contributed by atoms with van der Waals surface area (Å²) in [6, 6.07) is 1.63. The van der Waals surface area contributed by atoms with Gasteiger partial charge in [0.25, 0.3) is 0 Å². The molecule has 3 nitrogen and oxygen atoms in total. The molecule has 1 saturated carbocycles. The molecule has 1 aliphatic carbocycles. The van der Waals surface area contributed by atoms with Crippen molar-refractivity contribution in [2.75, 3.05) is 6.61 Å². The number of halogens is 1. The van der Waals surface area contributed by atoms with Crippen LogP contribution in [-0.2, 0) is 9.53 Å². The molecule has 1 aromatic rings. The molecule has 1 fully saturated rings. The predicted molar refractivity (Wildman–Crippen MR) is 56.4 cm³/mol. The van der Waals surface area contributed by atoms with Crippen molar-refractivity contribution in [1.82, 2.24) is 4.98 Å². The molecule has 0 saturated heterocycles. The smallest absolute Gasteiger partial charge is 0.309 e. The lowest BCUT2D eigenvalue weighted by Crippen LogP contribution is -2.08. The molecular weight excluding hydrogens is 209 g/mol. The first-order valence-corrected chi connectivity index (χ1v) is 5.42. The van der Waals surface area contributed by atoms with Gasteiger partial charge in [-0.25, -0.2) is 4.39 Å². The third kappa shape index (κ3) is 1.92. The average molecular weight is 223 g/mol. The standard InChI is InChI=1S/C12H14FNO2/c1-3-16-12(15)9-6-8(9)11-10(13)7(2)4-5-14-11/h4-5,8-9H,3,6H2,1-2H3/t8-,9-/m0/s1. The van der Waals surface area contributed by atoms with E-state index in [1.54, 1.807) is 26.1 Å². The predicted octanol–water partition coefficient (Wildman–Crippen LogP) is 2.20. The number of ether oxygens (including phenoxy) is 1. The molecule has 0 radical (unpaired) electrons. The van der Waals surface area contributed by atoms with Crippen LogP contribution in [0.1, 0.15) is 30.5 Å².